The lowest BCUT2D eigenvalue weighted by atomic mass is 10.2. The van der Waals surface area contributed by atoms with Gasteiger partial charge in [-0.2, -0.15) is 0 Å². The molecule has 1 aliphatic rings. The topological polar surface area (TPSA) is 53.8 Å². The van der Waals surface area contributed by atoms with Gasteiger partial charge in [0.1, 0.15) is 11.8 Å². The number of hydrogen-bond acceptors (Lipinski definition) is 4. The van der Waals surface area contributed by atoms with Gasteiger partial charge in [0.2, 0.25) is 11.8 Å². The first-order chi connectivity index (χ1) is 9.09. The van der Waals surface area contributed by atoms with Crippen LogP contribution in [-0.2, 0) is 9.59 Å². The van der Waals surface area contributed by atoms with Gasteiger partial charge in [0.15, 0.2) is 0 Å². The largest absolute Gasteiger partial charge is 0.465 e. The van der Waals surface area contributed by atoms with Crippen LogP contribution in [0.15, 0.2) is 28.9 Å². The zero-order valence-corrected chi connectivity index (χ0v) is 11.7. The van der Waals surface area contributed by atoms with Gasteiger partial charge >= 0.3 is 0 Å². The molecule has 0 unspecified atom stereocenters. The van der Waals surface area contributed by atoms with Crippen LogP contribution >= 0.6 is 11.8 Å². The van der Waals surface area contributed by atoms with E-state index in [0.29, 0.717) is 17.4 Å². The summed E-state index contributed by atoms with van der Waals surface area (Å²) in [5.74, 6) is 1.62. The van der Waals surface area contributed by atoms with Gasteiger partial charge in [-0.05, 0) is 18.2 Å². The Morgan fingerprint density at radius 1 is 1.53 bits per heavy atom. The second-order valence-electron chi connectivity index (χ2n) is 4.41. The first-order valence-corrected chi connectivity index (χ1v) is 7.06. The number of nitrogens with zero attached hydrogens (tertiary/aromatic N) is 2. The van der Waals surface area contributed by atoms with Crippen LogP contribution in [0.2, 0.25) is 0 Å². The standard InChI is InChI=1S/C13H16N2O3S/c1-14(2)13(17)11-8-19-9-15(11)12(16)6-5-10-4-3-7-18-10/h3-7,11H,8-9H2,1-2H3/b6-5-/t11-/m1/s1. The molecule has 2 amide bonds. The number of likely N-dealkylation sites (N-methyl/N-ethyl adjacent to an activating group) is 1. The minimum atomic E-state index is -0.367. The summed E-state index contributed by atoms with van der Waals surface area (Å²) in [6.45, 7) is 0. The van der Waals surface area contributed by atoms with Crippen LogP contribution in [-0.4, -0.2) is 53.4 Å². The van der Waals surface area contributed by atoms with Crippen LogP contribution in [0.3, 0.4) is 0 Å². The fourth-order valence-electron chi connectivity index (χ4n) is 1.80. The number of rotatable bonds is 3. The quantitative estimate of drug-likeness (QED) is 0.783. The fraction of sp³-hybridized carbons (Fsp3) is 0.385. The Kier molecular flexibility index (Phi) is 4.31. The highest BCUT2D eigenvalue weighted by molar-refractivity contribution is 7.99. The van der Waals surface area contributed by atoms with Crippen molar-refractivity contribution < 1.29 is 14.0 Å². The van der Waals surface area contributed by atoms with Crippen molar-refractivity contribution in [3.05, 3.63) is 30.2 Å². The Bertz CT molecular complexity index is 482. The third kappa shape index (κ3) is 3.20. The lowest BCUT2D eigenvalue weighted by Gasteiger charge is -2.24. The number of carbonyl (C=O) groups is 2. The highest BCUT2D eigenvalue weighted by atomic mass is 32.2. The molecule has 0 aliphatic carbocycles. The summed E-state index contributed by atoms with van der Waals surface area (Å²) in [7, 11) is 3.40. The molecule has 0 aromatic carbocycles. The SMILES string of the molecule is CN(C)C(=O)[C@H]1CSCN1C(=O)/C=C\c1ccco1. The second-order valence-corrected chi connectivity index (χ2v) is 5.40. The molecule has 1 aliphatic heterocycles. The van der Waals surface area contributed by atoms with Gasteiger partial charge in [0.25, 0.3) is 0 Å². The van der Waals surface area contributed by atoms with Crippen LogP contribution in [0.5, 0.6) is 0 Å². The molecule has 0 spiro atoms. The van der Waals surface area contributed by atoms with Gasteiger partial charge in [-0.3, -0.25) is 9.59 Å². The van der Waals surface area contributed by atoms with Crippen molar-refractivity contribution in [1.29, 1.82) is 0 Å². The van der Waals surface area contributed by atoms with Crippen molar-refractivity contribution in [2.75, 3.05) is 25.7 Å². The first-order valence-electron chi connectivity index (χ1n) is 5.90. The molecule has 0 saturated carbocycles. The molecule has 1 saturated heterocycles. The maximum absolute atomic E-state index is 12.1. The number of furan rings is 1. The second kappa shape index (κ2) is 5.97. The zero-order valence-electron chi connectivity index (χ0n) is 10.9. The maximum Gasteiger partial charge on any atom is 0.248 e. The molecule has 0 radical (unpaired) electrons. The molecule has 1 atom stereocenters. The smallest absolute Gasteiger partial charge is 0.248 e. The predicted octanol–water partition coefficient (Wildman–Crippen LogP) is 1.28. The molecule has 0 N–H and O–H groups in total. The molecule has 2 rings (SSSR count). The van der Waals surface area contributed by atoms with Crippen LogP contribution < -0.4 is 0 Å². The summed E-state index contributed by atoms with van der Waals surface area (Å²) in [5.41, 5.74) is 0. The van der Waals surface area contributed by atoms with E-state index in [9.17, 15) is 9.59 Å². The lowest BCUT2D eigenvalue weighted by Crippen LogP contribution is -2.46. The summed E-state index contributed by atoms with van der Waals surface area (Å²) in [4.78, 5) is 27.2. The molecule has 0 bridgehead atoms. The van der Waals surface area contributed by atoms with Crippen molar-refractivity contribution in [1.82, 2.24) is 9.80 Å². The third-order valence-corrected chi connectivity index (χ3v) is 3.84. The lowest BCUT2D eigenvalue weighted by molar-refractivity contribution is -0.139. The van der Waals surface area contributed by atoms with E-state index in [1.54, 1.807) is 55.2 Å². The number of amides is 2. The number of carbonyl (C=O) groups excluding carboxylic acids is 2. The van der Waals surface area contributed by atoms with E-state index in [1.807, 2.05) is 0 Å². The molecule has 1 aromatic rings. The van der Waals surface area contributed by atoms with Crippen molar-refractivity contribution >= 4 is 29.7 Å². The van der Waals surface area contributed by atoms with Gasteiger partial charge in [0, 0.05) is 25.9 Å². The Morgan fingerprint density at radius 2 is 2.32 bits per heavy atom. The zero-order chi connectivity index (χ0) is 13.8. The normalized spacial score (nSPS) is 19.1. The van der Waals surface area contributed by atoms with E-state index in [-0.39, 0.29) is 17.9 Å². The molecule has 19 heavy (non-hydrogen) atoms. The summed E-state index contributed by atoms with van der Waals surface area (Å²) in [5, 5.41) is 0. The molecule has 5 nitrogen and oxygen atoms in total. The fourth-order valence-corrected chi connectivity index (χ4v) is 2.95. The average Bonchev–Trinajstić information content (AvgIpc) is 3.05. The van der Waals surface area contributed by atoms with E-state index in [1.165, 1.54) is 11.0 Å². The maximum atomic E-state index is 12.1. The van der Waals surface area contributed by atoms with Crippen LogP contribution in [0.25, 0.3) is 6.08 Å². The van der Waals surface area contributed by atoms with Crippen molar-refractivity contribution in [3.63, 3.8) is 0 Å². The van der Waals surface area contributed by atoms with Gasteiger partial charge in [0.05, 0.1) is 12.1 Å². The summed E-state index contributed by atoms with van der Waals surface area (Å²) in [6, 6.07) is 3.16. The highest BCUT2D eigenvalue weighted by Gasteiger charge is 2.34. The number of thioether (sulfide) groups is 1. The van der Waals surface area contributed by atoms with E-state index in [2.05, 4.69) is 0 Å². The average molecular weight is 280 g/mol. The highest BCUT2D eigenvalue weighted by Crippen LogP contribution is 2.22. The summed E-state index contributed by atoms with van der Waals surface area (Å²) in [6.07, 6.45) is 4.61. The Morgan fingerprint density at radius 3 is 2.95 bits per heavy atom. The monoisotopic (exact) mass is 280 g/mol. The molecule has 1 aromatic heterocycles. The molecule has 6 heteroatoms. The Hall–Kier alpha value is -1.69. The van der Waals surface area contributed by atoms with Crippen molar-refractivity contribution in [2.24, 2.45) is 0 Å². The molecule has 2 heterocycles. The summed E-state index contributed by atoms with van der Waals surface area (Å²) >= 11 is 1.59. The van der Waals surface area contributed by atoms with Gasteiger partial charge < -0.3 is 14.2 Å². The van der Waals surface area contributed by atoms with Crippen molar-refractivity contribution in [2.45, 2.75) is 6.04 Å². The Labute approximate surface area is 116 Å². The molecular formula is C13H16N2O3S. The van der Waals surface area contributed by atoms with E-state index in [4.69, 9.17) is 4.42 Å². The molecule has 1 fully saturated rings. The van der Waals surface area contributed by atoms with Crippen LogP contribution in [0, 0.1) is 0 Å². The van der Waals surface area contributed by atoms with E-state index >= 15 is 0 Å². The van der Waals surface area contributed by atoms with E-state index < -0.39 is 0 Å². The summed E-state index contributed by atoms with van der Waals surface area (Å²) < 4.78 is 5.12. The Balaban J connectivity index is 2.04. The van der Waals surface area contributed by atoms with E-state index in [0.717, 1.165) is 0 Å². The molecular weight excluding hydrogens is 264 g/mol. The van der Waals surface area contributed by atoms with Crippen molar-refractivity contribution in [3.8, 4) is 0 Å². The van der Waals surface area contributed by atoms with Gasteiger partial charge in [-0.25, -0.2) is 0 Å². The minimum Gasteiger partial charge on any atom is -0.465 e. The van der Waals surface area contributed by atoms with Gasteiger partial charge in [-0.15, -0.1) is 11.8 Å². The third-order valence-electron chi connectivity index (χ3n) is 2.82. The predicted molar refractivity (Wildman–Crippen MR) is 74.4 cm³/mol. The number of hydrogen-bond donors (Lipinski definition) is 0. The first kappa shape index (κ1) is 13.7. The van der Waals surface area contributed by atoms with Crippen LogP contribution in [0.1, 0.15) is 5.76 Å². The van der Waals surface area contributed by atoms with Crippen LogP contribution in [0.4, 0.5) is 0 Å². The van der Waals surface area contributed by atoms with Gasteiger partial charge in [-0.1, -0.05) is 0 Å². The molecule has 102 valence electrons. The minimum absolute atomic E-state index is 0.0373.